The standard InChI is InChI=1S/C48H46N6/c1-7-19-37(20-8-1)31-49-43-44-50(32-38-21-9-2-10-22-38)47(49)48-51(33-39-23-11-3-12-24-39)45(53(43)35-41-27-15-5-16-28-41)46(52(48)34-40-25-13-4-14-26-40)54(44)36-42-29-17-6-18-30-42/h1-30,43-46H,31-36H2. The third-order valence-electron chi connectivity index (χ3n) is 11.7. The van der Waals surface area contributed by atoms with E-state index >= 15 is 0 Å². The second kappa shape index (κ2) is 14.2. The zero-order chi connectivity index (χ0) is 35.8. The number of hydrogen-bond donors (Lipinski definition) is 0. The monoisotopic (exact) mass is 706 g/mol. The van der Waals surface area contributed by atoms with Crippen LogP contribution in [0.25, 0.3) is 0 Å². The topological polar surface area (TPSA) is 19.4 Å². The van der Waals surface area contributed by atoms with Gasteiger partial charge in [-0.05, 0) is 33.4 Å². The lowest BCUT2D eigenvalue weighted by atomic mass is 10.0. The van der Waals surface area contributed by atoms with Crippen LogP contribution in [0.4, 0.5) is 0 Å². The molecular weight excluding hydrogens is 661 g/mol. The summed E-state index contributed by atoms with van der Waals surface area (Å²) >= 11 is 0. The lowest BCUT2D eigenvalue weighted by molar-refractivity contribution is -0.166. The largest absolute Gasteiger partial charge is 0.332 e. The van der Waals surface area contributed by atoms with Gasteiger partial charge < -0.3 is 19.6 Å². The van der Waals surface area contributed by atoms with Gasteiger partial charge in [0.25, 0.3) is 0 Å². The van der Waals surface area contributed by atoms with Crippen LogP contribution in [0.1, 0.15) is 33.4 Å². The van der Waals surface area contributed by atoms with Gasteiger partial charge in [-0.15, -0.1) is 0 Å². The summed E-state index contributed by atoms with van der Waals surface area (Å²) in [6.45, 7) is 5.02. The van der Waals surface area contributed by atoms with Gasteiger partial charge in [0.1, 0.15) is 36.3 Å². The van der Waals surface area contributed by atoms with Crippen LogP contribution in [0.3, 0.4) is 0 Å². The van der Waals surface area contributed by atoms with Gasteiger partial charge in [-0.2, -0.15) is 0 Å². The average molecular weight is 707 g/mol. The SMILES string of the molecule is c1ccc(CN2C3=C4N(Cc5ccccc5)C5C(N4Cc4ccccc4)N(Cc4ccccc4)C(C2N5Cc2ccccc2)N3Cc2ccccc2)cc1. The van der Waals surface area contributed by atoms with E-state index in [0.717, 1.165) is 39.3 Å². The third kappa shape index (κ3) is 5.92. The molecule has 3 fully saturated rings. The van der Waals surface area contributed by atoms with E-state index in [9.17, 15) is 0 Å². The Hall–Kier alpha value is -5.82. The van der Waals surface area contributed by atoms with Crippen molar-refractivity contribution in [3.63, 3.8) is 0 Å². The van der Waals surface area contributed by atoms with Crippen LogP contribution >= 0.6 is 0 Å². The predicted octanol–water partition coefficient (Wildman–Crippen LogP) is 8.49. The summed E-state index contributed by atoms with van der Waals surface area (Å²) in [5.74, 6) is 2.67. The molecule has 5 aliphatic rings. The highest BCUT2D eigenvalue weighted by Crippen LogP contribution is 2.55. The molecule has 0 spiro atoms. The number of piperazine rings is 1. The summed E-state index contributed by atoms with van der Waals surface area (Å²) in [5, 5.41) is 0. The van der Waals surface area contributed by atoms with Crippen molar-refractivity contribution in [1.29, 1.82) is 0 Å². The van der Waals surface area contributed by atoms with Gasteiger partial charge in [-0.3, -0.25) is 9.80 Å². The van der Waals surface area contributed by atoms with Crippen molar-refractivity contribution in [2.24, 2.45) is 0 Å². The van der Waals surface area contributed by atoms with E-state index in [2.05, 4.69) is 211 Å². The molecule has 4 atom stereocenters. The first kappa shape index (κ1) is 32.8. The first-order valence-electron chi connectivity index (χ1n) is 19.4. The molecule has 4 unspecified atom stereocenters. The Morgan fingerprint density at radius 1 is 0.241 bits per heavy atom. The lowest BCUT2D eigenvalue weighted by Gasteiger charge is -2.55. The maximum atomic E-state index is 2.86. The number of rotatable bonds is 12. The molecule has 6 nitrogen and oxygen atoms in total. The minimum atomic E-state index is 0.115. The molecule has 0 N–H and O–H groups in total. The minimum Gasteiger partial charge on any atom is -0.332 e. The molecule has 5 heterocycles. The molecule has 0 amide bonds. The molecule has 268 valence electrons. The van der Waals surface area contributed by atoms with E-state index < -0.39 is 0 Å². The molecule has 6 heteroatoms. The molecule has 6 bridgehead atoms. The molecule has 6 aromatic rings. The Balaban J connectivity index is 1.23. The van der Waals surface area contributed by atoms with Crippen LogP contribution in [0, 0.1) is 0 Å². The van der Waals surface area contributed by atoms with Gasteiger partial charge in [-0.1, -0.05) is 182 Å². The zero-order valence-electron chi connectivity index (χ0n) is 30.6. The minimum absolute atomic E-state index is 0.115. The van der Waals surface area contributed by atoms with Crippen LogP contribution < -0.4 is 0 Å². The summed E-state index contributed by atoms with van der Waals surface area (Å²) < 4.78 is 0. The van der Waals surface area contributed by atoms with Crippen molar-refractivity contribution in [2.75, 3.05) is 0 Å². The van der Waals surface area contributed by atoms with E-state index in [-0.39, 0.29) is 24.7 Å². The highest BCUT2D eigenvalue weighted by molar-refractivity contribution is 5.36. The Kier molecular flexibility index (Phi) is 8.62. The van der Waals surface area contributed by atoms with Gasteiger partial charge in [0.15, 0.2) is 0 Å². The van der Waals surface area contributed by atoms with Gasteiger partial charge in [0.2, 0.25) is 0 Å². The normalized spacial score (nSPS) is 21.8. The van der Waals surface area contributed by atoms with Crippen molar-refractivity contribution in [2.45, 2.75) is 63.9 Å². The zero-order valence-corrected chi connectivity index (χ0v) is 30.6. The highest BCUT2D eigenvalue weighted by atomic mass is 15.7. The van der Waals surface area contributed by atoms with E-state index in [1.54, 1.807) is 0 Å². The number of hydrogen-bond acceptors (Lipinski definition) is 6. The molecule has 0 aromatic heterocycles. The fraction of sp³-hybridized carbons (Fsp3) is 0.208. The maximum Gasteiger partial charge on any atom is 0.149 e. The number of nitrogens with zero attached hydrogens (tertiary/aromatic N) is 6. The van der Waals surface area contributed by atoms with Crippen LogP contribution in [0.5, 0.6) is 0 Å². The summed E-state index contributed by atoms with van der Waals surface area (Å²) in [5.41, 5.74) is 8.00. The van der Waals surface area contributed by atoms with Crippen molar-refractivity contribution < 1.29 is 0 Å². The Morgan fingerprint density at radius 3 is 0.630 bits per heavy atom. The summed E-state index contributed by atoms with van der Waals surface area (Å²) in [7, 11) is 0. The van der Waals surface area contributed by atoms with Crippen LogP contribution in [-0.2, 0) is 39.3 Å². The van der Waals surface area contributed by atoms with E-state index in [1.165, 1.54) is 45.0 Å². The molecule has 0 radical (unpaired) electrons. The van der Waals surface area contributed by atoms with Crippen molar-refractivity contribution in [3.05, 3.63) is 227 Å². The molecule has 0 aliphatic carbocycles. The van der Waals surface area contributed by atoms with E-state index in [4.69, 9.17) is 0 Å². The second-order valence-electron chi connectivity index (χ2n) is 15.1. The Bertz CT molecular complexity index is 1910. The summed E-state index contributed by atoms with van der Waals surface area (Å²) in [6.07, 6.45) is 0.458. The van der Waals surface area contributed by atoms with Crippen LogP contribution in [0.15, 0.2) is 194 Å². The Morgan fingerprint density at radius 2 is 0.426 bits per heavy atom. The summed E-state index contributed by atoms with van der Waals surface area (Å²) in [4.78, 5) is 16.8. The van der Waals surface area contributed by atoms with Gasteiger partial charge in [0, 0.05) is 39.3 Å². The molecule has 0 saturated carbocycles. The van der Waals surface area contributed by atoms with Crippen LogP contribution in [0.2, 0.25) is 0 Å². The van der Waals surface area contributed by atoms with Gasteiger partial charge in [-0.25, -0.2) is 0 Å². The Labute approximate surface area is 319 Å². The fourth-order valence-corrected chi connectivity index (χ4v) is 9.46. The molecule has 11 rings (SSSR count). The fourth-order valence-electron chi connectivity index (χ4n) is 9.46. The first-order chi connectivity index (χ1) is 26.8. The maximum absolute atomic E-state index is 2.86. The van der Waals surface area contributed by atoms with Gasteiger partial charge >= 0.3 is 0 Å². The van der Waals surface area contributed by atoms with E-state index in [1.807, 2.05) is 0 Å². The molecular formula is C48H46N6. The third-order valence-corrected chi connectivity index (χ3v) is 11.7. The first-order valence-corrected chi connectivity index (χ1v) is 19.4. The van der Waals surface area contributed by atoms with Crippen molar-refractivity contribution >= 4 is 0 Å². The predicted molar refractivity (Wildman–Crippen MR) is 214 cm³/mol. The number of benzene rings is 6. The highest BCUT2D eigenvalue weighted by Gasteiger charge is 2.67. The quantitative estimate of drug-likeness (QED) is 0.126. The van der Waals surface area contributed by atoms with Crippen LogP contribution in [-0.4, -0.2) is 54.1 Å². The average Bonchev–Trinajstić information content (AvgIpc) is 3.64. The second-order valence-corrected chi connectivity index (χ2v) is 15.1. The summed E-state index contributed by atoms with van der Waals surface area (Å²) in [6, 6.07) is 66.7. The smallest absolute Gasteiger partial charge is 0.149 e. The van der Waals surface area contributed by atoms with E-state index in [0.29, 0.717) is 0 Å². The van der Waals surface area contributed by atoms with Crippen molar-refractivity contribution in [1.82, 2.24) is 29.4 Å². The van der Waals surface area contributed by atoms with Crippen molar-refractivity contribution in [3.8, 4) is 0 Å². The molecule has 6 aromatic carbocycles. The lowest BCUT2D eigenvalue weighted by Crippen LogP contribution is -2.73. The molecule has 54 heavy (non-hydrogen) atoms. The molecule has 3 saturated heterocycles. The molecule has 5 aliphatic heterocycles. The van der Waals surface area contributed by atoms with Gasteiger partial charge in [0.05, 0.1) is 0 Å².